The molecular weight excluding hydrogens is 344 g/mol. The van der Waals surface area contributed by atoms with E-state index >= 15 is 0 Å². The number of rotatable bonds is 4. The highest BCUT2D eigenvalue weighted by Gasteiger charge is 2.24. The first-order chi connectivity index (χ1) is 13.0. The summed E-state index contributed by atoms with van der Waals surface area (Å²) >= 11 is 0. The van der Waals surface area contributed by atoms with E-state index in [1.54, 1.807) is 7.11 Å². The molecule has 142 valence electrons. The van der Waals surface area contributed by atoms with Gasteiger partial charge < -0.3 is 19.2 Å². The van der Waals surface area contributed by atoms with Crippen molar-refractivity contribution in [3.8, 4) is 5.75 Å². The van der Waals surface area contributed by atoms with Crippen LogP contribution in [0.1, 0.15) is 13.8 Å². The van der Waals surface area contributed by atoms with Crippen molar-refractivity contribution in [3.05, 3.63) is 36.4 Å². The Morgan fingerprint density at radius 3 is 2.63 bits per heavy atom. The van der Waals surface area contributed by atoms with Gasteiger partial charge in [-0.3, -0.25) is 9.69 Å². The molecule has 0 aliphatic carbocycles. The molecule has 1 fully saturated rings. The topological polar surface area (TPSA) is 63.9 Å². The van der Waals surface area contributed by atoms with Gasteiger partial charge in [0.05, 0.1) is 31.5 Å². The van der Waals surface area contributed by atoms with E-state index in [4.69, 9.17) is 13.9 Å². The molecule has 0 spiro atoms. The Morgan fingerprint density at radius 1 is 1.15 bits per heavy atom. The summed E-state index contributed by atoms with van der Waals surface area (Å²) in [6.07, 6.45) is 0.256. The second-order valence-electron chi connectivity index (χ2n) is 7.15. The highest BCUT2D eigenvalue weighted by molar-refractivity contribution is 6.07. The summed E-state index contributed by atoms with van der Waals surface area (Å²) in [6, 6.07) is 11.6. The minimum Gasteiger partial charge on any atom is -0.495 e. The van der Waals surface area contributed by atoms with Crippen LogP contribution in [0.4, 0.5) is 5.69 Å². The SMILES string of the molecule is COc1cc2c(cc1NC(=O)CN1C[C@H](C)O[C@@H](C)C1)oc1ccccc12. The van der Waals surface area contributed by atoms with Crippen LogP contribution < -0.4 is 10.1 Å². The van der Waals surface area contributed by atoms with Crippen molar-refractivity contribution in [2.75, 3.05) is 32.1 Å². The molecule has 27 heavy (non-hydrogen) atoms. The normalized spacial score (nSPS) is 20.9. The summed E-state index contributed by atoms with van der Waals surface area (Å²) in [5.74, 6) is 0.538. The maximum Gasteiger partial charge on any atom is 0.238 e. The third-order valence-corrected chi connectivity index (χ3v) is 4.84. The molecule has 6 nitrogen and oxygen atoms in total. The molecule has 1 saturated heterocycles. The predicted molar refractivity (Wildman–Crippen MR) is 105 cm³/mol. The Balaban J connectivity index is 1.57. The van der Waals surface area contributed by atoms with Crippen LogP contribution in [0.15, 0.2) is 40.8 Å². The zero-order chi connectivity index (χ0) is 19.0. The van der Waals surface area contributed by atoms with Crippen molar-refractivity contribution in [3.63, 3.8) is 0 Å². The summed E-state index contributed by atoms with van der Waals surface area (Å²) in [5, 5.41) is 4.97. The van der Waals surface area contributed by atoms with Gasteiger partial charge in [0.2, 0.25) is 5.91 Å². The Labute approximate surface area is 158 Å². The summed E-state index contributed by atoms with van der Waals surface area (Å²) < 4.78 is 17.1. The molecule has 1 aliphatic rings. The van der Waals surface area contributed by atoms with E-state index in [-0.39, 0.29) is 18.1 Å². The van der Waals surface area contributed by atoms with Gasteiger partial charge >= 0.3 is 0 Å². The molecule has 4 rings (SSSR count). The number of morpholine rings is 1. The Hall–Kier alpha value is -2.57. The second-order valence-corrected chi connectivity index (χ2v) is 7.15. The lowest BCUT2D eigenvalue weighted by molar-refractivity contribution is -0.121. The van der Waals surface area contributed by atoms with Crippen molar-refractivity contribution < 1.29 is 18.7 Å². The van der Waals surface area contributed by atoms with Crippen molar-refractivity contribution in [1.29, 1.82) is 0 Å². The highest BCUT2D eigenvalue weighted by atomic mass is 16.5. The van der Waals surface area contributed by atoms with E-state index in [0.29, 0.717) is 18.0 Å². The van der Waals surface area contributed by atoms with Gasteiger partial charge in [-0.25, -0.2) is 0 Å². The van der Waals surface area contributed by atoms with Crippen LogP contribution in [0.3, 0.4) is 0 Å². The van der Waals surface area contributed by atoms with E-state index < -0.39 is 0 Å². The second kappa shape index (κ2) is 7.21. The maximum atomic E-state index is 12.6. The summed E-state index contributed by atoms with van der Waals surface area (Å²) in [7, 11) is 1.60. The molecule has 1 aromatic heterocycles. The maximum absolute atomic E-state index is 12.6. The smallest absolute Gasteiger partial charge is 0.238 e. The fourth-order valence-corrected chi connectivity index (χ4v) is 3.82. The number of methoxy groups -OCH3 is 1. The Kier molecular flexibility index (Phi) is 4.76. The fourth-order valence-electron chi connectivity index (χ4n) is 3.82. The molecule has 0 radical (unpaired) electrons. The van der Waals surface area contributed by atoms with Gasteiger partial charge in [-0.1, -0.05) is 18.2 Å². The first-order valence-electron chi connectivity index (χ1n) is 9.20. The van der Waals surface area contributed by atoms with Crippen molar-refractivity contribution >= 4 is 33.5 Å². The van der Waals surface area contributed by atoms with Crippen molar-refractivity contribution in [2.45, 2.75) is 26.1 Å². The standard InChI is InChI=1S/C21H24N2O4/c1-13-10-23(11-14(2)26-13)12-21(24)22-17-9-19-16(8-20(17)25-3)15-6-4-5-7-18(15)27-19/h4-9,13-14H,10-12H2,1-3H3,(H,22,24)/t13-,14-/m0/s1. The summed E-state index contributed by atoms with van der Waals surface area (Å²) in [4.78, 5) is 14.7. The summed E-state index contributed by atoms with van der Waals surface area (Å²) in [5.41, 5.74) is 2.15. The first-order valence-corrected chi connectivity index (χ1v) is 9.20. The zero-order valence-corrected chi connectivity index (χ0v) is 15.8. The van der Waals surface area contributed by atoms with E-state index in [9.17, 15) is 4.79 Å². The van der Waals surface area contributed by atoms with Crippen LogP contribution >= 0.6 is 0 Å². The Bertz CT molecular complexity index is 971. The molecule has 2 atom stereocenters. The molecule has 3 aromatic rings. The summed E-state index contributed by atoms with van der Waals surface area (Å²) in [6.45, 7) is 5.87. The van der Waals surface area contributed by atoms with E-state index in [1.807, 2.05) is 50.2 Å². The zero-order valence-electron chi connectivity index (χ0n) is 15.8. The average Bonchev–Trinajstić information content (AvgIpc) is 2.97. The monoisotopic (exact) mass is 368 g/mol. The number of furan rings is 1. The molecule has 1 aliphatic heterocycles. The van der Waals surface area contributed by atoms with Crippen molar-refractivity contribution in [2.24, 2.45) is 0 Å². The lowest BCUT2D eigenvalue weighted by atomic mass is 10.1. The third-order valence-electron chi connectivity index (χ3n) is 4.84. The van der Waals surface area contributed by atoms with Gasteiger partial charge in [-0.2, -0.15) is 0 Å². The van der Waals surface area contributed by atoms with Crippen molar-refractivity contribution in [1.82, 2.24) is 4.90 Å². The van der Waals surface area contributed by atoms with E-state index in [1.165, 1.54) is 0 Å². The lowest BCUT2D eigenvalue weighted by Crippen LogP contribution is -2.48. The largest absolute Gasteiger partial charge is 0.495 e. The molecule has 6 heteroatoms. The number of para-hydroxylation sites is 1. The minimum absolute atomic E-state index is 0.0786. The molecule has 1 N–H and O–H groups in total. The number of hydrogen-bond acceptors (Lipinski definition) is 5. The molecule has 2 aromatic carbocycles. The number of hydrogen-bond donors (Lipinski definition) is 1. The molecule has 0 saturated carbocycles. The van der Waals surface area contributed by atoms with Crippen LogP contribution in [-0.4, -0.2) is 49.8 Å². The number of carbonyl (C=O) groups excluding carboxylic acids is 1. The minimum atomic E-state index is -0.0786. The van der Waals surface area contributed by atoms with Crippen LogP contribution in [0.5, 0.6) is 5.75 Å². The molecular formula is C21H24N2O4. The van der Waals surface area contributed by atoms with Crippen LogP contribution in [-0.2, 0) is 9.53 Å². The highest BCUT2D eigenvalue weighted by Crippen LogP contribution is 2.36. The van der Waals surface area contributed by atoms with E-state index in [0.717, 1.165) is 35.0 Å². The third kappa shape index (κ3) is 3.63. The van der Waals surface area contributed by atoms with Gasteiger partial charge in [0.25, 0.3) is 0 Å². The van der Waals surface area contributed by atoms with Crippen LogP contribution in [0.25, 0.3) is 21.9 Å². The fraction of sp³-hybridized carbons (Fsp3) is 0.381. The van der Waals surface area contributed by atoms with Gasteiger partial charge in [0.1, 0.15) is 16.9 Å². The molecule has 0 bridgehead atoms. The molecule has 2 heterocycles. The van der Waals surface area contributed by atoms with E-state index in [2.05, 4.69) is 10.2 Å². The van der Waals surface area contributed by atoms with Crippen LogP contribution in [0, 0.1) is 0 Å². The lowest BCUT2D eigenvalue weighted by Gasteiger charge is -2.34. The molecule has 1 amide bonds. The van der Waals surface area contributed by atoms with Crippen LogP contribution in [0.2, 0.25) is 0 Å². The van der Waals surface area contributed by atoms with Gasteiger partial charge in [0, 0.05) is 29.9 Å². The quantitative estimate of drug-likeness (QED) is 0.762. The number of amides is 1. The Morgan fingerprint density at radius 2 is 1.89 bits per heavy atom. The molecule has 0 unspecified atom stereocenters. The van der Waals surface area contributed by atoms with Gasteiger partial charge in [-0.15, -0.1) is 0 Å². The number of nitrogens with one attached hydrogen (secondary N) is 1. The van der Waals surface area contributed by atoms with Gasteiger partial charge in [0.15, 0.2) is 0 Å². The first kappa shape index (κ1) is 17.8. The number of carbonyl (C=O) groups is 1. The average molecular weight is 368 g/mol. The number of benzene rings is 2. The predicted octanol–water partition coefficient (Wildman–Crippen LogP) is 3.64. The number of ether oxygens (including phenoxy) is 2. The number of nitrogens with zero attached hydrogens (tertiary/aromatic N) is 1. The number of fused-ring (bicyclic) bond motifs is 3. The van der Waals surface area contributed by atoms with Gasteiger partial charge in [-0.05, 0) is 26.0 Å². The number of anilines is 1.